The average Bonchev–Trinajstić information content (AvgIpc) is 3.28. The third-order valence-corrected chi connectivity index (χ3v) is 8.04. The number of rotatable bonds is 9. The number of fused-ring (bicyclic) bond motifs is 1. The molecule has 0 atom stereocenters. The van der Waals surface area contributed by atoms with Gasteiger partial charge in [-0.3, -0.25) is 14.6 Å². The number of carbonyl (C=O) groups is 1. The summed E-state index contributed by atoms with van der Waals surface area (Å²) in [6.07, 6.45) is 0.878. The van der Waals surface area contributed by atoms with Crippen molar-refractivity contribution < 1.29 is 14.3 Å². The number of hydrogen-bond acceptors (Lipinski definition) is 7. The third kappa shape index (κ3) is 6.19. The number of halogens is 1. The maximum Gasteiger partial charge on any atom is 0.239 e. The molecule has 2 aromatic carbocycles. The Bertz CT molecular complexity index is 1080. The molecule has 0 bridgehead atoms. The van der Waals surface area contributed by atoms with E-state index in [-0.39, 0.29) is 5.91 Å². The zero-order valence-electron chi connectivity index (χ0n) is 18.9. The Hall–Kier alpha value is -1.84. The number of amides is 1. The second-order valence-corrected chi connectivity index (χ2v) is 10.3. The zero-order valence-corrected chi connectivity index (χ0v) is 21.3. The van der Waals surface area contributed by atoms with Gasteiger partial charge in [-0.05, 0) is 49.2 Å². The largest absolute Gasteiger partial charge is 0.494 e. The topological polar surface area (TPSA) is 54.9 Å². The number of methoxy groups -OCH3 is 1. The van der Waals surface area contributed by atoms with E-state index in [0.717, 1.165) is 70.8 Å². The van der Waals surface area contributed by atoms with Crippen LogP contribution in [0.3, 0.4) is 0 Å². The molecule has 9 heteroatoms. The first-order valence-electron chi connectivity index (χ1n) is 11.0. The number of carbonyl (C=O) groups excluding carboxylic acids is 1. The first kappa shape index (κ1) is 24.3. The molecule has 2 heterocycles. The summed E-state index contributed by atoms with van der Waals surface area (Å²) < 4.78 is 12.0. The molecule has 1 saturated heterocycles. The first-order valence-corrected chi connectivity index (χ1v) is 13.2. The Morgan fingerprint density at radius 3 is 2.73 bits per heavy atom. The Morgan fingerprint density at radius 1 is 1.24 bits per heavy atom. The van der Waals surface area contributed by atoms with E-state index in [1.807, 2.05) is 41.3 Å². The number of nitrogens with zero attached hydrogens (tertiary/aromatic N) is 3. The van der Waals surface area contributed by atoms with Crippen molar-refractivity contribution in [2.45, 2.75) is 18.2 Å². The van der Waals surface area contributed by atoms with Gasteiger partial charge in [0.15, 0.2) is 5.13 Å². The van der Waals surface area contributed by atoms with E-state index in [0.29, 0.717) is 17.3 Å². The summed E-state index contributed by atoms with van der Waals surface area (Å²) in [4.78, 5) is 23.4. The van der Waals surface area contributed by atoms with Gasteiger partial charge in [0.2, 0.25) is 5.91 Å². The number of anilines is 1. The Kier molecular flexibility index (Phi) is 8.49. The van der Waals surface area contributed by atoms with Crippen LogP contribution in [0.4, 0.5) is 5.13 Å². The van der Waals surface area contributed by atoms with Crippen molar-refractivity contribution in [1.29, 1.82) is 0 Å². The normalized spacial score (nSPS) is 14.5. The molecule has 1 aliphatic rings. The number of thiazole rings is 1. The monoisotopic (exact) mass is 505 g/mol. The fraction of sp³-hybridized carbons (Fsp3) is 0.417. The molecular weight excluding hydrogens is 478 g/mol. The van der Waals surface area contributed by atoms with E-state index in [4.69, 9.17) is 26.1 Å². The zero-order chi connectivity index (χ0) is 23.2. The predicted octanol–water partition coefficient (Wildman–Crippen LogP) is 5.11. The van der Waals surface area contributed by atoms with Crippen LogP contribution in [0.15, 0.2) is 41.3 Å². The van der Waals surface area contributed by atoms with Crippen molar-refractivity contribution in [3.63, 3.8) is 0 Å². The lowest BCUT2D eigenvalue weighted by molar-refractivity contribution is -0.116. The molecule has 1 aliphatic heterocycles. The number of aryl methyl sites for hydroxylation is 1. The van der Waals surface area contributed by atoms with Crippen LogP contribution in [0.5, 0.6) is 5.75 Å². The molecule has 4 rings (SSSR count). The summed E-state index contributed by atoms with van der Waals surface area (Å²) in [5.74, 6) is 1.12. The number of aromatic nitrogens is 1. The second kappa shape index (κ2) is 11.5. The second-order valence-electron chi connectivity index (χ2n) is 7.85. The van der Waals surface area contributed by atoms with E-state index < -0.39 is 0 Å². The Morgan fingerprint density at radius 2 is 2.00 bits per heavy atom. The van der Waals surface area contributed by atoms with Gasteiger partial charge >= 0.3 is 0 Å². The highest BCUT2D eigenvalue weighted by atomic mass is 35.5. The number of hydrogen-bond donors (Lipinski definition) is 0. The van der Waals surface area contributed by atoms with Gasteiger partial charge < -0.3 is 9.47 Å². The molecule has 0 saturated carbocycles. The highest BCUT2D eigenvalue weighted by Crippen LogP contribution is 2.37. The molecule has 0 aliphatic carbocycles. The predicted molar refractivity (Wildman–Crippen MR) is 137 cm³/mol. The number of morpholine rings is 1. The summed E-state index contributed by atoms with van der Waals surface area (Å²) in [5.41, 5.74) is 1.94. The first-order chi connectivity index (χ1) is 16.0. The summed E-state index contributed by atoms with van der Waals surface area (Å²) in [7, 11) is 1.65. The fourth-order valence-corrected chi connectivity index (χ4v) is 5.73. The summed E-state index contributed by atoms with van der Waals surface area (Å²) >= 11 is 9.06. The molecule has 1 aromatic heterocycles. The molecule has 176 valence electrons. The molecule has 0 N–H and O–H groups in total. The lowest BCUT2D eigenvalue weighted by Gasteiger charge is -2.27. The van der Waals surface area contributed by atoms with Gasteiger partial charge in [0.25, 0.3) is 0 Å². The van der Waals surface area contributed by atoms with Crippen molar-refractivity contribution in [1.82, 2.24) is 9.88 Å². The van der Waals surface area contributed by atoms with E-state index in [1.54, 1.807) is 18.4 Å². The minimum Gasteiger partial charge on any atom is -0.494 e. The van der Waals surface area contributed by atoms with Gasteiger partial charge in [0.1, 0.15) is 11.3 Å². The third-order valence-electron chi connectivity index (χ3n) is 5.58. The van der Waals surface area contributed by atoms with Gasteiger partial charge in [-0.1, -0.05) is 29.0 Å². The van der Waals surface area contributed by atoms with Crippen LogP contribution in [0.1, 0.15) is 12.0 Å². The van der Waals surface area contributed by atoms with Crippen molar-refractivity contribution in [3.05, 3.63) is 47.0 Å². The lowest BCUT2D eigenvalue weighted by atomic mass is 10.2. The quantitative estimate of drug-likeness (QED) is 0.376. The van der Waals surface area contributed by atoms with Gasteiger partial charge in [-0.15, -0.1) is 11.8 Å². The van der Waals surface area contributed by atoms with Crippen LogP contribution in [-0.2, 0) is 9.53 Å². The van der Waals surface area contributed by atoms with Gasteiger partial charge in [0, 0.05) is 36.1 Å². The van der Waals surface area contributed by atoms with Crippen molar-refractivity contribution in [2.75, 3.05) is 57.2 Å². The highest BCUT2D eigenvalue weighted by Gasteiger charge is 2.22. The fourth-order valence-electron chi connectivity index (χ4n) is 3.74. The van der Waals surface area contributed by atoms with Crippen LogP contribution in [0.25, 0.3) is 10.2 Å². The SMILES string of the molecule is COc1ccc(C)c2sc(N(CCCN3CCOCC3)C(=O)CSc3ccc(Cl)cc3)nc12. The molecule has 1 amide bonds. The van der Waals surface area contributed by atoms with E-state index >= 15 is 0 Å². The van der Waals surface area contributed by atoms with Gasteiger partial charge in [-0.25, -0.2) is 4.98 Å². The smallest absolute Gasteiger partial charge is 0.239 e. The Balaban J connectivity index is 1.52. The molecule has 3 aromatic rings. The van der Waals surface area contributed by atoms with Crippen LogP contribution < -0.4 is 9.64 Å². The van der Waals surface area contributed by atoms with E-state index in [1.165, 1.54) is 11.8 Å². The van der Waals surface area contributed by atoms with Crippen LogP contribution in [0, 0.1) is 6.92 Å². The van der Waals surface area contributed by atoms with E-state index in [9.17, 15) is 4.79 Å². The average molecular weight is 506 g/mol. The van der Waals surface area contributed by atoms with Crippen molar-refractivity contribution in [2.24, 2.45) is 0 Å². The van der Waals surface area contributed by atoms with Crippen LogP contribution >= 0.6 is 34.7 Å². The molecule has 6 nitrogen and oxygen atoms in total. The minimum absolute atomic E-state index is 0.0487. The standard InChI is InChI=1S/C24H28ClN3O3S2/c1-17-4-9-20(30-2)22-23(17)33-24(26-22)28(11-3-10-27-12-14-31-15-13-27)21(29)16-32-19-7-5-18(25)6-8-19/h4-9H,3,10-16H2,1-2H3. The summed E-state index contributed by atoms with van der Waals surface area (Å²) in [6, 6.07) is 11.5. The maximum absolute atomic E-state index is 13.4. The van der Waals surface area contributed by atoms with E-state index in [2.05, 4.69) is 11.8 Å². The molecule has 1 fully saturated rings. The minimum atomic E-state index is 0.0487. The van der Waals surface area contributed by atoms with Gasteiger partial charge in [0.05, 0.1) is 30.8 Å². The van der Waals surface area contributed by atoms with Crippen molar-refractivity contribution >= 4 is 56.0 Å². The lowest BCUT2D eigenvalue weighted by Crippen LogP contribution is -2.39. The van der Waals surface area contributed by atoms with Gasteiger partial charge in [-0.2, -0.15) is 0 Å². The van der Waals surface area contributed by atoms with Crippen LogP contribution in [0.2, 0.25) is 5.02 Å². The molecule has 0 spiro atoms. The highest BCUT2D eigenvalue weighted by molar-refractivity contribution is 8.00. The van der Waals surface area contributed by atoms with Crippen LogP contribution in [-0.4, -0.2) is 68.0 Å². The molecule has 0 radical (unpaired) electrons. The number of benzene rings is 2. The molecule has 33 heavy (non-hydrogen) atoms. The number of ether oxygens (including phenoxy) is 2. The Labute approximate surface area is 207 Å². The van der Waals surface area contributed by atoms with Crippen molar-refractivity contribution in [3.8, 4) is 5.75 Å². The molecule has 0 unspecified atom stereocenters. The number of thioether (sulfide) groups is 1. The summed E-state index contributed by atoms with van der Waals surface area (Å²) in [5, 5.41) is 1.41. The summed E-state index contributed by atoms with van der Waals surface area (Å²) in [6.45, 7) is 7.05. The molecular formula is C24H28ClN3O3S2. The maximum atomic E-state index is 13.4.